The number of aliphatic hydroxyl groups excluding tert-OH is 1. The number of aromatic hydroxyl groups is 1. The number of hydrogen-bond acceptors (Lipinski definition) is 4. The highest BCUT2D eigenvalue weighted by Gasteiger charge is 2.23. The van der Waals surface area contributed by atoms with Gasteiger partial charge in [0.2, 0.25) is 0 Å². The van der Waals surface area contributed by atoms with Crippen LogP contribution in [0.4, 0.5) is 0 Å². The van der Waals surface area contributed by atoms with E-state index in [0.717, 1.165) is 6.08 Å². The molecule has 0 bridgehead atoms. The Labute approximate surface area is 133 Å². The Balaban J connectivity index is 3.11. The summed E-state index contributed by atoms with van der Waals surface area (Å²) in [5.74, 6) is -1.25. The van der Waals surface area contributed by atoms with Crippen LogP contribution in [-0.2, 0) is 9.53 Å². The third kappa shape index (κ3) is 4.59. The number of carboxylic acid groups (broad SMARTS) is 1. The fourth-order valence-electron chi connectivity index (χ4n) is 1.61. The van der Waals surface area contributed by atoms with E-state index in [1.165, 1.54) is 6.08 Å². The van der Waals surface area contributed by atoms with Gasteiger partial charge in [-0.3, -0.25) is 0 Å². The lowest BCUT2D eigenvalue weighted by Crippen LogP contribution is -2.20. The van der Waals surface area contributed by atoms with E-state index in [0.29, 0.717) is 15.6 Å². The molecule has 1 rings (SSSR count). The van der Waals surface area contributed by atoms with Gasteiger partial charge < -0.3 is 20.1 Å². The average molecular weight is 410 g/mol. The van der Waals surface area contributed by atoms with Gasteiger partial charge in [0.1, 0.15) is 18.0 Å². The van der Waals surface area contributed by atoms with Crippen molar-refractivity contribution in [3.63, 3.8) is 0 Å². The smallest absolute Gasteiger partial charge is 0.328 e. The van der Waals surface area contributed by atoms with Crippen molar-refractivity contribution in [2.75, 3.05) is 6.61 Å². The minimum Gasteiger partial charge on any atom is -0.506 e. The third-order valence-electron chi connectivity index (χ3n) is 2.48. The second-order valence-electron chi connectivity index (χ2n) is 3.89. The lowest BCUT2D eigenvalue weighted by atomic mass is 10.0. The number of halogens is 2. The first-order valence-corrected chi connectivity index (χ1v) is 7.34. The molecule has 0 aliphatic heterocycles. The number of phenolic OH excluding ortho intramolecular Hbond substituents is 1. The van der Waals surface area contributed by atoms with Crippen LogP contribution in [0.25, 0.3) is 0 Å². The lowest BCUT2D eigenvalue weighted by Gasteiger charge is -2.21. The summed E-state index contributed by atoms with van der Waals surface area (Å²) >= 11 is 6.43. The first-order chi connectivity index (χ1) is 9.36. The highest BCUT2D eigenvalue weighted by molar-refractivity contribution is 9.11. The van der Waals surface area contributed by atoms with E-state index in [4.69, 9.17) is 9.84 Å². The molecule has 20 heavy (non-hydrogen) atoms. The molecular weight excluding hydrogens is 396 g/mol. The molecule has 7 heteroatoms. The molecule has 0 aliphatic rings. The molecule has 0 aromatic heterocycles. The van der Waals surface area contributed by atoms with Crippen LogP contribution in [0, 0.1) is 0 Å². The Bertz CT molecular complexity index is 516. The molecule has 5 nitrogen and oxygen atoms in total. The molecule has 0 unspecified atom stereocenters. The van der Waals surface area contributed by atoms with Crippen molar-refractivity contribution in [3.05, 3.63) is 38.8 Å². The first-order valence-electron chi connectivity index (χ1n) is 5.75. The minimum atomic E-state index is -1.20. The molecule has 1 aromatic carbocycles. The van der Waals surface area contributed by atoms with Crippen molar-refractivity contribution in [2.24, 2.45) is 0 Å². The average Bonchev–Trinajstić information content (AvgIpc) is 2.37. The summed E-state index contributed by atoms with van der Waals surface area (Å²) in [6.45, 7) is 2.02. The van der Waals surface area contributed by atoms with Gasteiger partial charge >= 0.3 is 5.97 Å². The Morgan fingerprint density at radius 3 is 2.65 bits per heavy atom. The van der Waals surface area contributed by atoms with Crippen molar-refractivity contribution in [1.82, 2.24) is 0 Å². The number of aliphatic carboxylic acids is 1. The molecule has 2 atom stereocenters. The molecule has 0 fully saturated rings. The summed E-state index contributed by atoms with van der Waals surface area (Å²) in [6, 6.07) is 3.18. The number of rotatable bonds is 6. The topological polar surface area (TPSA) is 87.0 Å². The van der Waals surface area contributed by atoms with Gasteiger partial charge in [0.15, 0.2) is 0 Å². The van der Waals surface area contributed by atoms with Gasteiger partial charge in [0, 0.05) is 22.7 Å². The fourth-order valence-corrected chi connectivity index (χ4v) is 2.87. The van der Waals surface area contributed by atoms with E-state index in [1.807, 2.05) is 0 Å². The van der Waals surface area contributed by atoms with Gasteiger partial charge in [-0.15, -0.1) is 0 Å². The van der Waals surface area contributed by atoms with Crippen LogP contribution in [0.5, 0.6) is 5.75 Å². The zero-order valence-corrected chi connectivity index (χ0v) is 13.8. The molecule has 110 valence electrons. The Morgan fingerprint density at radius 1 is 1.45 bits per heavy atom. The minimum absolute atomic E-state index is 0.117. The predicted molar refractivity (Wildman–Crippen MR) is 80.7 cm³/mol. The van der Waals surface area contributed by atoms with Crippen molar-refractivity contribution in [3.8, 4) is 5.75 Å². The summed E-state index contributed by atoms with van der Waals surface area (Å²) in [5, 5.41) is 28.9. The maximum Gasteiger partial charge on any atom is 0.328 e. The maximum absolute atomic E-state index is 10.6. The van der Waals surface area contributed by atoms with Gasteiger partial charge in [-0.05, 0) is 41.1 Å². The lowest BCUT2D eigenvalue weighted by molar-refractivity contribution is -0.131. The standard InChI is InChI=1S/C13H14Br2O5/c1-2-20-10(3-4-11(16)17)13(19)8-5-7(14)6-9(15)12(8)18/h3-6,10,13,18-19H,2H2,1H3,(H,16,17)/b4-3+/t10-,13-/m1/s1. The molecule has 0 spiro atoms. The normalized spacial score (nSPS) is 14.4. The quantitative estimate of drug-likeness (QED) is 0.628. The SMILES string of the molecule is CCO[C@H](/C=C/C(=O)O)[C@H](O)c1cc(Br)cc(Br)c1O. The Kier molecular flexibility index (Phi) is 6.67. The van der Waals surface area contributed by atoms with E-state index < -0.39 is 18.2 Å². The summed E-state index contributed by atoms with van der Waals surface area (Å²) in [5.41, 5.74) is 0.236. The summed E-state index contributed by atoms with van der Waals surface area (Å²) in [6.07, 6.45) is 0.0702. The molecule has 0 aliphatic carbocycles. The van der Waals surface area contributed by atoms with Crippen molar-refractivity contribution in [1.29, 1.82) is 0 Å². The summed E-state index contributed by atoms with van der Waals surface area (Å²) < 4.78 is 6.38. The Morgan fingerprint density at radius 2 is 2.10 bits per heavy atom. The predicted octanol–water partition coefficient (Wildman–Crippen LogP) is 3.00. The summed E-state index contributed by atoms with van der Waals surface area (Å²) in [7, 11) is 0. The molecular formula is C13H14Br2O5. The second-order valence-corrected chi connectivity index (χ2v) is 5.66. The van der Waals surface area contributed by atoms with Gasteiger partial charge in [-0.2, -0.15) is 0 Å². The van der Waals surface area contributed by atoms with Gasteiger partial charge in [-0.25, -0.2) is 4.79 Å². The van der Waals surface area contributed by atoms with Crippen molar-refractivity contribution >= 4 is 37.8 Å². The zero-order valence-electron chi connectivity index (χ0n) is 10.6. The summed E-state index contributed by atoms with van der Waals surface area (Å²) in [4.78, 5) is 10.6. The van der Waals surface area contributed by atoms with E-state index in [2.05, 4.69) is 31.9 Å². The van der Waals surface area contributed by atoms with Gasteiger partial charge in [-0.1, -0.05) is 15.9 Å². The molecule has 0 amide bonds. The molecule has 1 aromatic rings. The van der Waals surface area contributed by atoms with Crippen LogP contribution in [0.1, 0.15) is 18.6 Å². The van der Waals surface area contributed by atoms with E-state index in [1.54, 1.807) is 19.1 Å². The number of carbonyl (C=O) groups is 1. The van der Waals surface area contributed by atoms with Crippen LogP contribution >= 0.6 is 31.9 Å². The maximum atomic E-state index is 10.6. The van der Waals surface area contributed by atoms with E-state index >= 15 is 0 Å². The van der Waals surface area contributed by atoms with Crippen LogP contribution in [0.2, 0.25) is 0 Å². The largest absolute Gasteiger partial charge is 0.506 e. The third-order valence-corrected chi connectivity index (χ3v) is 3.54. The number of phenols is 1. The fraction of sp³-hybridized carbons (Fsp3) is 0.308. The number of aliphatic hydroxyl groups is 1. The first kappa shape index (κ1) is 17.2. The van der Waals surface area contributed by atoms with Gasteiger partial charge in [0.25, 0.3) is 0 Å². The van der Waals surface area contributed by atoms with Crippen molar-refractivity contribution in [2.45, 2.75) is 19.1 Å². The number of benzene rings is 1. The monoisotopic (exact) mass is 408 g/mol. The highest BCUT2D eigenvalue weighted by Crippen LogP contribution is 2.37. The van der Waals surface area contributed by atoms with Crippen LogP contribution in [-0.4, -0.2) is 34.0 Å². The van der Waals surface area contributed by atoms with Crippen LogP contribution in [0.15, 0.2) is 33.2 Å². The highest BCUT2D eigenvalue weighted by atomic mass is 79.9. The van der Waals surface area contributed by atoms with Crippen molar-refractivity contribution < 1.29 is 24.9 Å². The van der Waals surface area contributed by atoms with E-state index in [-0.39, 0.29) is 11.3 Å². The molecule has 0 heterocycles. The second kappa shape index (κ2) is 7.78. The van der Waals surface area contributed by atoms with Crippen LogP contribution in [0.3, 0.4) is 0 Å². The van der Waals surface area contributed by atoms with Gasteiger partial charge in [0.05, 0.1) is 4.47 Å². The number of hydrogen-bond donors (Lipinski definition) is 3. The zero-order chi connectivity index (χ0) is 15.3. The van der Waals surface area contributed by atoms with Crippen LogP contribution < -0.4 is 0 Å². The Hall–Kier alpha value is -0.890. The molecule has 0 radical (unpaired) electrons. The number of ether oxygens (including phenoxy) is 1. The molecule has 3 N–H and O–H groups in total. The number of carboxylic acids is 1. The molecule has 0 saturated carbocycles. The molecule has 0 saturated heterocycles. The van der Waals surface area contributed by atoms with E-state index in [9.17, 15) is 15.0 Å².